The van der Waals surface area contributed by atoms with E-state index < -0.39 is 83.9 Å². The number of carbonyl (C=O) groups excluding carboxylic acids is 1. The highest BCUT2D eigenvalue weighted by Gasteiger charge is 2.74. The van der Waals surface area contributed by atoms with Crippen molar-refractivity contribution in [3.8, 4) is 0 Å². The molecule has 0 aromatic rings. The molecule has 5 aliphatic rings. The van der Waals surface area contributed by atoms with Crippen LogP contribution in [0.2, 0.25) is 0 Å². The van der Waals surface area contributed by atoms with E-state index in [1.54, 1.807) is 0 Å². The second-order valence-corrected chi connectivity index (χ2v) is 13.2. The lowest BCUT2D eigenvalue weighted by Gasteiger charge is -2.66. The number of carbonyl (C=O) groups is 1. The standard InChI is InChI=1S/C27H44O11/c1-24-7-4-8-25(2,23(35)36-3)20(24)19(33)21(34)26-9-13(5-6-15(24)26)27(11-26,12-29)38-22-18(32)17(31)16(30)14(10-28)37-22/h13-22,28-34H,4-12H2,1-3H3/t13-,14+,15+,16+,17-,18+,19+,20+,21+,22-,24+,25-,26-,27+/m1/s1. The number of fused-ring (bicyclic) bond motifs is 3. The minimum absolute atomic E-state index is 0.0641. The lowest BCUT2D eigenvalue weighted by Crippen LogP contribution is -2.69. The van der Waals surface area contributed by atoms with Crippen LogP contribution in [0.5, 0.6) is 0 Å². The molecule has 4 aliphatic carbocycles. The van der Waals surface area contributed by atoms with Gasteiger partial charge in [-0.15, -0.1) is 0 Å². The zero-order chi connectivity index (χ0) is 27.8. The highest BCUT2D eigenvalue weighted by molar-refractivity contribution is 5.77. The minimum Gasteiger partial charge on any atom is -0.469 e. The third kappa shape index (κ3) is 3.70. The Hall–Kier alpha value is -0.890. The predicted octanol–water partition coefficient (Wildman–Crippen LogP) is -0.938. The largest absolute Gasteiger partial charge is 0.469 e. The molecule has 5 rings (SSSR count). The summed E-state index contributed by atoms with van der Waals surface area (Å²) in [6, 6.07) is 0. The first kappa shape index (κ1) is 28.6. The normalized spacial score (nSPS) is 56.2. The first-order valence-corrected chi connectivity index (χ1v) is 13.9. The Morgan fingerprint density at radius 2 is 1.68 bits per heavy atom. The zero-order valence-electron chi connectivity index (χ0n) is 22.4. The number of ether oxygens (including phenoxy) is 3. The van der Waals surface area contributed by atoms with Crippen LogP contribution in [-0.4, -0.2) is 111 Å². The fourth-order valence-corrected chi connectivity index (χ4v) is 9.90. The van der Waals surface area contributed by atoms with Gasteiger partial charge in [0.15, 0.2) is 6.29 Å². The highest BCUT2D eigenvalue weighted by atomic mass is 16.7. The molecule has 1 aliphatic heterocycles. The number of methoxy groups -OCH3 is 1. The second-order valence-electron chi connectivity index (χ2n) is 13.2. The third-order valence-corrected chi connectivity index (χ3v) is 11.5. The van der Waals surface area contributed by atoms with Gasteiger partial charge in [0.05, 0.1) is 43.5 Å². The van der Waals surface area contributed by atoms with Gasteiger partial charge in [-0.1, -0.05) is 13.3 Å². The van der Waals surface area contributed by atoms with E-state index in [0.29, 0.717) is 25.7 Å². The molecular formula is C27H44O11. The molecule has 11 nitrogen and oxygen atoms in total. The SMILES string of the molecule is COC(=O)[C@]1(C)CCC[C@@]2(C)[C@@H]3CC[C@@H]4C[C@]3(C[C@@]4(CO)O[C@H]3O[C@@H](CO)[C@H](O)[C@@H](O)[C@@H]3O)[C@@H](O)[C@@H](O)[C@@H]21. The van der Waals surface area contributed by atoms with Crippen molar-refractivity contribution in [2.75, 3.05) is 20.3 Å². The molecular weight excluding hydrogens is 500 g/mol. The van der Waals surface area contributed by atoms with Crippen molar-refractivity contribution in [1.82, 2.24) is 0 Å². The quantitative estimate of drug-likeness (QED) is 0.212. The van der Waals surface area contributed by atoms with Crippen molar-refractivity contribution in [1.29, 1.82) is 0 Å². The Morgan fingerprint density at radius 3 is 2.32 bits per heavy atom. The van der Waals surface area contributed by atoms with Crippen molar-refractivity contribution in [2.24, 2.45) is 34.0 Å². The lowest BCUT2D eigenvalue weighted by molar-refractivity contribution is -0.335. The fraction of sp³-hybridized carbons (Fsp3) is 0.963. The fourth-order valence-electron chi connectivity index (χ4n) is 9.90. The average molecular weight is 545 g/mol. The van der Waals surface area contributed by atoms with Gasteiger partial charge in [0.1, 0.15) is 24.4 Å². The predicted molar refractivity (Wildman–Crippen MR) is 130 cm³/mol. The third-order valence-electron chi connectivity index (χ3n) is 11.5. The van der Waals surface area contributed by atoms with E-state index in [2.05, 4.69) is 6.92 Å². The van der Waals surface area contributed by atoms with E-state index in [4.69, 9.17) is 14.2 Å². The Labute approximate surface area is 222 Å². The molecule has 0 amide bonds. The maximum atomic E-state index is 13.0. The molecule has 1 heterocycles. The van der Waals surface area contributed by atoms with E-state index in [-0.39, 0.29) is 24.2 Å². The molecule has 0 aromatic heterocycles. The highest BCUT2D eigenvalue weighted by Crippen LogP contribution is 2.73. The molecule has 0 radical (unpaired) electrons. The molecule has 7 N–H and O–H groups in total. The number of rotatable bonds is 5. The summed E-state index contributed by atoms with van der Waals surface area (Å²) < 4.78 is 17.1. The van der Waals surface area contributed by atoms with Crippen molar-refractivity contribution in [3.63, 3.8) is 0 Å². The summed E-state index contributed by atoms with van der Waals surface area (Å²) in [6.07, 6.45) is -5.55. The van der Waals surface area contributed by atoms with Crippen molar-refractivity contribution >= 4 is 5.97 Å². The van der Waals surface area contributed by atoms with Gasteiger partial charge in [0.2, 0.25) is 0 Å². The van der Waals surface area contributed by atoms with E-state index in [0.717, 1.165) is 12.8 Å². The van der Waals surface area contributed by atoms with Crippen LogP contribution in [0.4, 0.5) is 0 Å². The topological polar surface area (TPSA) is 186 Å². The summed E-state index contributed by atoms with van der Waals surface area (Å²) in [5.41, 5.74) is -3.47. The molecule has 2 bridgehead atoms. The Balaban J connectivity index is 1.49. The van der Waals surface area contributed by atoms with Crippen LogP contribution >= 0.6 is 0 Å². The lowest BCUT2D eigenvalue weighted by atomic mass is 9.39. The van der Waals surface area contributed by atoms with Crippen molar-refractivity contribution < 1.29 is 54.8 Å². The van der Waals surface area contributed by atoms with Crippen LogP contribution in [0.3, 0.4) is 0 Å². The molecule has 218 valence electrons. The smallest absolute Gasteiger partial charge is 0.311 e. The van der Waals surface area contributed by atoms with Crippen LogP contribution in [0, 0.1) is 34.0 Å². The number of hydrogen-bond acceptors (Lipinski definition) is 11. The molecule has 5 fully saturated rings. The molecule has 38 heavy (non-hydrogen) atoms. The number of hydrogen-bond donors (Lipinski definition) is 7. The summed E-state index contributed by atoms with van der Waals surface area (Å²) in [5, 5.41) is 74.9. The van der Waals surface area contributed by atoms with Crippen molar-refractivity contribution in [3.05, 3.63) is 0 Å². The van der Waals surface area contributed by atoms with E-state index in [1.165, 1.54) is 7.11 Å². The molecule has 0 aromatic carbocycles. The van der Waals surface area contributed by atoms with Crippen LogP contribution in [0.15, 0.2) is 0 Å². The van der Waals surface area contributed by atoms with Gasteiger partial charge in [-0.3, -0.25) is 4.79 Å². The van der Waals surface area contributed by atoms with E-state index >= 15 is 0 Å². The van der Waals surface area contributed by atoms with E-state index in [9.17, 15) is 40.5 Å². The van der Waals surface area contributed by atoms with Crippen LogP contribution in [0.1, 0.15) is 58.8 Å². The molecule has 4 saturated carbocycles. The van der Waals surface area contributed by atoms with Gasteiger partial charge < -0.3 is 50.0 Å². The van der Waals surface area contributed by atoms with Gasteiger partial charge in [0, 0.05) is 11.3 Å². The monoisotopic (exact) mass is 544 g/mol. The first-order chi connectivity index (χ1) is 17.8. The summed E-state index contributed by atoms with van der Waals surface area (Å²) in [4.78, 5) is 13.0. The summed E-state index contributed by atoms with van der Waals surface area (Å²) in [5.74, 6) is -1.18. The van der Waals surface area contributed by atoms with Gasteiger partial charge in [-0.2, -0.15) is 0 Å². The Morgan fingerprint density at radius 1 is 0.974 bits per heavy atom. The zero-order valence-corrected chi connectivity index (χ0v) is 22.4. The van der Waals surface area contributed by atoms with Gasteiger partial charge >= 0.3 is 5.97 Å². The average Bonchev–Trinajstić information content (AvgIpc) is 3.14. The Bertz CT molecular complexity index is 915. The molecule has 0 unspecified atom stereocenters. The van der Waals surface area contributed by atoms with Crippen LogP contribution < -0.4 is 0 Å². The summed E-state index contributed by atoms with van der Waals surface area (Å²) in [6.45, 7) is 2.90. The first-order valence-electron chi connectivity index (χ1n) is 13.9. The minimum atomic E-state index is -1.62. The van der Waals surface area contributed by atoms with E-state index in [1.807, 2.05) is 6.92 Å². The maximum Gasteiger partial charge on any atom is 0.311 e. The van der Waals surface area contributed by atoms with Crippen molar-refractivity contribution in [2.45, 2.75) is 107 Å². The maximum absolute atomic E-state index is 13.0. The molecule has 14 atom stereocenters. The summed E-state index contributed by atoms with van der Waals surface area (Å²) in [7, 11) is 1.35. The van der Waals surface area contributed by atoms with Gasteiger partial charge in [-0.05, 0) is 62.7 Å². The number of aliphatic hydroxyl groups is 7. The second kappa shape index (κ2) is 9.60. The number of aliphatic hydroxyl groups excluding tert-OH is 7. The van der Waals surface area contributed by atoms with Gasteiger partial charge in [0.25, 0.3) is 0 Å². The molecule has 1 saturated heterocycles. The molecule has 1 spiro atoms. The number of esters is 1. The Kier molecular flexibility index (Phi) is 7.23. The summed E-state index contributed by atoms with van der Waals surface area (Å²) >= 11 is 0. The van der Waals surface area contributed by atoms with Gasteiger partial charge in [-0.25, -0.2) is 0 Å². The molecule has 11 heteroatoms. The van der Waals surface area contributed by atoms with Crippen LogP contribution in [-0.2, 0) is 19.0 Å². The van der Waals surface area contributed by atoms with Crippen LogP contribution in [0.25, 0.3) is 0 Å².